The van der Waals surface area contributed by atoms with Gasteiger partial charge in [-0.2, -0.15) is 8.78 Å². The van der Waals surface area contributed by atoms with Crippen molar-refractivity contribution in [2.75, 3.05) is 26.2 Å². The summed E-state index contributed by atoms with van der Waals surface area (Å²) in [6.45, 7) is 3.63. The summed E-state index contributed by atoms with van der Waals surface area (Å²) in [4.78, 5) is 8.72. The second-order valence-electron chi connectivity index (χ2n) is 6.32. The molecule has 1 unspecified atom stereocenters. The topological polar surface area (TPSA) is 24.3 Å². The lowest BCUT2D eigenvalue weighted by Gasteiger charge is -2.39. The van der Waals surface area contributed by atoms with Crippen molar-refractivity contribution in [1.29, 1.82) is 0 Å². The molecule has 0 N–H and O–H groups in total. The van der Waals surface area contributed by atoms with Crippen molar-refractivity contribution in [2.24, 2.45) is 0 Å². The van der Waals surface area contributed by atoms with Crippen molar-refractivity contribution >= 4 is 11.6 Å². The van der Waals surface area contributed by atoms with E-state index in [4.69, 9.17) is 11.6 Å². The number of nitrogens with zero attached hydrogens (tertiary/aromatic N) is 4. The summed E-state index contributed by atoms with van der Waals surface area (Å²) in [7, 11) is 0. The smallest absolute Gasteiger partial charge is 0.294 e. The van der Waals surface area contributed by atoms with Crippen LogP contribution in [0, 0.1) is 0 Å². The molecule has 0 radical (unpaired) electrons. The molecule has 0 amide bonds. The number of piperazine rings is 1. The van der Waals surface area contributed by atoms with Crippen LogP contribution in [0.2, 0.25) is 5.02 Å². The molecule has 1 saturated heterocycles. The summed E-state index contributed by atoms with van der Waals surface area (Å²) in [5.41, 5.74) is 1.27. The highest BCUT2D eigenvalue weighted by molar-refractivity contribution is 6.30. The van der Waals surface area contributed by atoms with E-state index >= 15 is 0 Å². The van der Waals surface area contributed by atoms with Crippen molar-refractivity contribution in [3.8, 4) is 0 Å². The number of imidazole rings is 1. The first-order valence-corrected chi connectivity index (χ1v) is 8.98. The molecule has 4 nitrogen and oxygen atoms in total. The van der Waals surface area contributed by atoms with Crippen LogP contribution in [0.5, 0.6) is 0 Å². The Hall–Kier alpha value is -1.50. The van der Waals surface area contributed by atoms with Crippen molar-refractivity contribution in [1.82, 2.24) is 19.4 Å². The Balaban J connectivity index is 1.59. The second kappa shape index (κ2) is 8.25. The summed E-state index contributed by atoms with van der Waals surface area (Å²) in [6.07, 6.45) is 3.80. The molecule has 1 fully saturated rings. The molecule has 1 aliphatic rings. The fraction of sp³-hybridized carbons (Fsp3) is 0.500. The van der Waals surface area contributed by atoms with Crippen LogP contribution in [0.1, 0.15) is 37.3 Å². The van der Waals surface area contributed by atoms with Crippen LogP contribution in [0.3, 0.4) is 0 Å². The van der Waals surface area contributed by atoms with E-state index in [0.717, 1.165) is 42.2 Å². The Labute approximate surface area is 152 Å². The van der Waals surface area contributed by atoms with Gasteiger partial charge in [0, 0.05) is 49.6 Å². The molecule has 1 aromatic heterocycles. The fourth-order valence-corrected chi connectivity index (χ4v) is 3.59. The monoisotopic (exact) mass is 368 g/mol. The fourth-order valence-electron chi connectivity index (χ4n) is 3.47. The molecule has 136 valence electrons. The minimum Gasteiger partial charge on any atom is -0.294 e. The summed E-state index contributed by atoms with van der Waals surface area (Å²) in [5, 5.41) is 0.748. The molecule has 1 aliphatic heterocycles. The molecular formula is C18H23ClF2N4. The zero-order chi connectivity index (χ0) is 17.8. The maximum Gasteiger partial charge on any atom is 0.319 e. The quantitative estimate of drug-likeness (QED) is 0.763. The van der Waals surface area contributed by atoms with Gasteiger partial charge in [0.2, 0.25) is 0 Å². The number of halogens is 3. The SMILES string of the molecule is CCC(c1ccc(Cl)cc1)N1CCN(Cc2nccn2C(F)F)CC1. The molecule has 1 atom stereocenters. The predicted octanol–water partition coefficient (Wildman–Crippen LogP) is 4.20. The number of benzene rings is 1. The zero-order valence-electron chi connectivity index (χ0n) is 14.3. The summed E-state index contributed by atoms with van der Waals surface area (Å²) < 4.78 is 26.8. The Kier molecular flexibility index (Phi) is 6.04. The summed E-state index contributed by atoms with van der Waals surface area (Å²) >= 11 is 5.99. The lowest BCUT2D eigenvalue weighted by atomic mass is 10.0. The van der Waals surface area contributed by atoms with E-state index in [1.807, 2.05) is 12.1 Å². The number of hydrogen-bond donors (Lipinski definition) is 0. The standard InChI is InChI=1S/C18H23ClF2N4/c1-2-16(14-3-5-15(19)6-4-14)24-11-9-23(10-12-24)13-17-22-7-8-25(17)18(20)21/h3-8,16,18H,2,9-13H2,1H3. The Bertz CT molecular complexity index is 666. The molecule has 2 aromatic rings. The van der Waals surface area contributed by atoms with E-state index in [0.29, 0.717) is 18.4 Å². The van der Waals surface area contributed by atoms with Crippen LogP contribution in [-0.4, -0.2) is 45.5 Å². The average molecular weight is 369 g/mol. The van der Waals surface area contributed by atoms with E-state index in [1.165, 1.54) is 18.0 Å². The third-order valence-electron chi connectivity index (χ3n) is 4.81. The number of alkyl halides is 2. The number of rotatable bonds is 6. The average Bonchev–Trinajstić information content (AvgIpc) is 3.07. The van der Waals surface area contributed by atoms with Gasteiger partial charge in [-0.15, -0.1) is 0 Å². The Morgan fingerprint density at radius 3 is 2.40 bits per heavy atom. The molecule has 7 heteroatoms. The molecular weight excluding hydrogens is 346 g/mol. The number of aromatic nitrogens is 2. The first kappa shape index (κ1) is 18.3. The van der Waals surface area contributed by atoms with Crippen LogP contribution in [0.25, 0.3) is 0 Å². The van der Waals surface area contributed by atoms with Crippen molar-refractivity contribution in [3.05, 3.63) is 53.1 Å². The molecule has 0 saturated carbocycles. The lowest BCUT2D eigenvalue weighted by molar-refractivity contribution is 0.0569. The highest BCUT2D eigenvalue weighted by Crippen LogP contribution is 2.27. The third-order valence-corrected chi connectivity index (χ3v) is 5.07. The van der Waals surface area contributed by atoms with E-state index in [-0.39, 0.29) is 0 Å². The predicted molar refractivity (Wildman–Crippen MR) is 94.8 cm³/mol. The van der Waals surface area contributed by atoms with Gasteiger partial charge in [0.25, 0.3) is 0 Å². The van der Waals surface area contributed by atoms with Crippen molar-refractivity contribution < 1.29 is 8.78 Å². The van der Waals surface area contributed by atoms with Gasteiger partial charge in [-0.1, -0.05) is 30.7 Å². The van der Waals surface area contributed by atoms with Gasteiger partial charge in [-0.3, -0.25) is 14.4 Å². The van der Waals surface area contributed by atoms with Gasteiger partial charge in [-0.05, 0) is 24.1 Å². The Morgan fingerprint density at radius 2 is 1.80 bits per heavy atom. The van der Waals surface area contributed by atoms with Crippen LogP contribution in [-0.2, 0) is 6.54 Å². The van der Waals surface area contributed by atoms with Gasteiger partial charge in [0.1, 0.15) is 5.82 Å². The largest absolute Gasteiger partial charge is 0.319 e. The molecule has 0 spiro atoms. The summed E-state index contributed by atoms with van der Waals surface area (Å²) in [6, 6.07) is 8.40. The minimum absolute atomic E-state index is 0.363. The second-order valence-corrected chi connectivity index (χ2v) is 6.75. The third kappa shape index (κ3) is 4.37. The normalized spacial score (nSPS) is 18.0. The highest BCUT2D eigenvalue weighted by Gasteiger charge is 2.25. The summed E-state index contributed by atoms with van der Waals surface area (Å²) in [5.74, 6) is 0.424. The van der Waals surface area contributed by atoms with E-state index in [2.05, 4.69) is 33.8 Å². The molecule has 0 aliphatic carbocycles. The molecule has 25 heavy (non-hydrogen) atoms. The van der Waals surface area contributed by atoms with Crippen molar-refractivity contribution in [3.63, 3.8) is 0 Å². The van der Waals surface area contributed by atoms with Gasteiger partial charge < -0.3 is 0 Å². The van der Waals surface area contributed by atoms with Crippen molar-refractivity contribution in [2.45, 2.75) is 32.5 Å². The van der Waals surface area contributed by atoms with Crippen LogP contribution in [0.15, 0.2) is 36.7 Å². The maximum absolute atomic E-state index is 12.9. The number of hydrogen-bond acceptors (Lipinski definition) is 3. The lowest BCUT2D eigenvalue weighted by Crippen LogP contribution is -2.47. The van der Waals surface area contributed by atoms with Gasteiger partial charge >= 0.3 is 6.55 Å². The van der Waals surface area contributed by atoms with Crippen LogP contribution < -0.4 is 0 Å². The van der Waals surface area contributed by atoms with E-state index in [1.54, 1.807) is 0 Å². The van der Waals surface area contributed by atoms with Gasteiger partial charge in [-0.25, -0.2) is 4.98 Å². The van der Waals surface area contributed by atoms with E-state index in [9.17, 15) is 8.78 Å². The molecule has 0 bridgehead atoms. The molecule has 1 aromatic carbocycles. The van der Waals surface area contributed by atoms with Gasteiger partial charge in [0.15, 0.2) is 0 Å². The minimum atomic E-state index is -2.53. The zero-order valence-corrected chi connectivity index (χ0v) is 15.0. The first-order valence-electron chi connectivity index (χ1n) is 8.60. The van der Waals surface area contributed by atoms with Gasteiger partial charge in [0.05, 0.1) is 6.54 Å². The highest BCUT2D eigenvalue weighted by atomic mass is 35.5. The first-order chi connectivity index (χ1) is 12.1. The maximum atomic E-state index is 12.9. The van der Waals surface area contributed by atoms with E-state index < -0.39 is 6.55 Å². The molecule has 2 heterocycles. The molecule has 3 rings (SSSR count). The van der Waals surface area contributed by atoms with Crippen LogP contribution >= 0.6 is 11.6 Å². The Morgan fingerprint density at radius 1 is 1.12 bits per heavy atom. The van der Waals surface area contributed by atoms with Crippen LogP contribution in [0.4, 0.5) is 8.78 Å².